The average Bonchev–Trinajstić information content (AvgIpc) is 1.62. The first kappa shape index (κ1) is 8.63. The Morgan fingerprint density at radius 2 is 2.12 bits per heavy atom. The van der Waals surface area contributed by atoms with Gasteiger partial charge in [-0.15, -0.1) is 0 Å². The first-order valence-electron chi connectivity index (χ1n) is 2.09. The van der Waals surface area contributed by atoms with Crippen LogP contribution in [0.15, 0.2) is 0 Å². The lowest BCUT2D eigenvalue weighted by Gasteiger charge is -2.07. The van der Waals surface area contributed by atoms with E-state index in [0.717, 1.165) is 0 Å². The van der Waals surface area contributed by atoms with E-state index < -0.39 is 13.3 Å². The molecule has 0 aromatic heterocycles. The summed E-state index contributed by atoms with van der Waals surface area (Å²) in [6.07, 6.45) is 0. The zero-order chi connectivity index (χ0) is 6.78. The van der Waals surface area contributed by atoms with Gasteiger partial charge in [0, 0.05) is 5.33 Å². The molecule has 1 unspecified atom stereocenters. The van der Waals surface area contributed by atoms with Crippen LogP contribution in [0.4, 0.5) is 0 Å². The quantitative estimate of drug-likeness (QED) is 0.518. The molecule has 0 saturated carbocycles. The van der Waals surface area contributed by atoms with Crippen molar-refractivity contribution < 1.29 is 14.4 Å². The molecule has 0 rings (SSSR count). The minimum Gasteiger partial charge on any atom is -0.324 e. The first-order chi connectivity index (χ1) is 3.48. The van der Waals surface area contributed by atoms with Crippen molar-refractivity contribution in [3.8, 4) is 0 Å². The van der Waals surface area contributed by atoms with Gasteiger partial charge in [-0.2, -0.15) is 0 Å². The number of hydrogen-bond acceptors (Lipinski definition) is 1. The van der Waals surface area contributed by atoms with Crippen molar-refractivity contribution in [2.45, 2.75) is 12.6 Å². The number of hydrogen-bond donors (Lipinski definition) is 2. The molecule has 3 nitrogen and oxygen atoms in total. The molecule has 5 heteroatoms. The van der Waals surface area contributed by atoms with Crippen LogP contribution in [0.3, 0.4) is 0 Å². The second kappa shape index (κ2) is 2.97. The molecule has 0 spiro atoms. The van der Waals surface area contributed by atoms with Gasteiger partial charge >= 0.3 is 7.60 Å². The van der Waals surface area contributed by atoms with E-state index in [4.69, 9.17) is 9.79 Å². The van der Waals surface area contributed by atoms with Crippen molar-refractivity contribution in [1.29, 1.82) is 0 Å². The predicted octanol–water partition coefficient (Wildman–Crippen LogP) is 0.947. The molecule has 0 aliphatic carbocycles. The minimum atomic E-state index is -3.80. The molecule has 0 aliphatic rings. The van der Waals surface area contributed by atoms with E-state index in [1.807, 2.05) is 0 Å². The minimum absolute atomic E-state index is 0.345. The number of rotatable bonds is 2. The normalized spacial score (nSPS) is 16.0. The lowest BCUT2D eigenvalue weighted by Crippen LogP contribution is -2.02. The molecular formula is C3H8BrO3P. The molecule has 0 aliphatic heterocycles. The van der Waals surface area contributed by atoms with E-state index in [1.54, 1.807) is 0 Å². The highest BCUT2D eigenvalue weighted by Gasteiger charge is 2.21. The fourth-order valence-electron chi connectivity index (χ4n) is 0.0899. The van der Waals surface area contributed by atoms with Crippen LogP contribution in [0.2, 0.25) is 0 Å². The molecule has 0 saturated heterocycles. The predicted molar refractivity (Wildman–Crippen MR) is 35.3 cm³/mol. The first-order valence-corrected chi connectivity index (χ1v) is 4.90. The Hall–Kier alpha value is 0.630. The molecule has 1 atom stereocenters. The van der Waals surface area contributed by atoms with Crippen LogP contribution in [-0.4, -0.2) is 20.8 Å². The molecule has 0 aromatic carbocycles. The van der Waals surface area contributed by atoms with Crippen LogP contribution in [-0.2, 0) is 4.57 Å². The zero-order valence-corrected chi connectivity index (χ0v) is 6.89. The summed E-state index contributed by atoms with van der Waals surface area (Å²) in [5, 5.41) is 0.345. The third-order valence-corrected chi connectivity index (χ3v) is 3.60. The number of alkyl halides is 1. The van der Waals surface area contributed by atoms with Gasteiger partial charge < -0.3 is 9.79 Å². The summed E-state index contributed by atoms with van der Waals surface area (Å²) in [5.41, 5.74) is -0.567. The van der Waals surface area contributed by atoms with Crippen LogP contribution in [0, 0.1) is 0 Å². The maximum Gasteiger partial charge on any atom is 0.329 e. The van der Waals surface area contributed by atoms with Gasteiger partial charge in [0.2, 0.25) is 0 Å². The van der Waals surface area contributed by atoms with E-state index in [9.17, 15) is 4.57 Å². The summed E-state index contributed by atoms with van der Waals surface area (Å²) in [6, 6.07) is 0. The van der Waals surface area contributed by atoms with Crippen molar-refractivity contribution in [1.82, 2.24) is 0 Å². The highest BCUT2D eigenvalue weighted by molar-refractivity contribution is 9.09. The van der Waals surface area contributed by atoms with Gasteiger partial charge in [0.15, 0.2) is 0 Å². The molecule has 0 bridgehead atoms. The van der Waals surface area contributed by atoms with Gasteiger partial charge in [-0.1, -0.05) is 22.9 Å². The lowest BCUT2D eigenvalue weighted by molar-refractivity contribution is 0.364. The Bertz CT molecular complexity index is 109. The standard InChI is InChI=1S/C3H8BrO3P/c1-3(2-4)8(5,6)7/h3H,2H2,1H3,(H2,5,6,7). The Labute approximate surface area is 56.4 Å². The van der Waals surface area contributed by atoms with Crippen LogP contribution < -0.4 is 0 Å². The van der Waals surface area contributed by atoms with Gasteiger partial charge in [0.25, 0.3) is 0 Å². The van der Waals surface area contributed by atoms with Crippen molar-refractivity contribution in [3.63, 3.8) is 0 Å². The van der Waals surface area contributed by atoms with Crippen molar-refractivity contribution in [3.05, 3.63) is 0 Å². The van der Waals surface area contributed by atoms with E-state index in [2.05, 4.69) is 15.9 Å². The molecule has 8 heavy (non-hydrogen) atoms. The zero-order valence-electron chi connectivity index (χ0n) is 4.41. The summed E-state index contributed by atoms with van der Waals surface area (Å²) in [5.74, 6) is 0. The van der Waals surface area contributed by atoms with Crippen LogP contribution in [0.25, 0.3) is 0 Å². The van der Waals surface area contributed by atoms with Crippen molar-refractivity contribution >= 4 is 23.5 Å². The van der Waals surface area contributed by atoms with E-state index >= 15 is 0 Å². The largest absolute Gasteiger partial charge is 0.329 e. The summed E-state index contributed by atoms with van der Waals surface area (Å²) in [6.45, 7) is 1.50. The maximum absolute atomic E-state index is 10.2. The topological polar surface area (TPSA) is 57.5 Å². The fraction of sp³-hybridized carbons (Fsp3) is 1.00. The maximum atomic E-state index is 10.2. The average molecular weight is 203 g/mol. The fourth-order valence-corrected chi connectivity index (χ4v) is 1.40. The van der Waals surface area contributed by atoms with Crippen molar-refractivity contribution in [2.75, 3.05) is 5.33 Å². The highest BCUT2D eigenvalue weighted by Crippen LogP contribution is 2.41. The summed E-state index contributed by atoms with van der Waals surface area (Å²) in [7, 11) is -3.80. The molecule has 0 fully saturated rings. The van der Waals surface area contributed by atoms with Gasteiger partial charge in [-0.05, 0) is 0 Å². The smallest absolute Gasteiger partial charge is 0.324 e. The third-order valence-electron chi connectivity index (χ3n) is 0.797. The molecule has 2 N–H and O–H groups in total. The molecule has 50 valence electrons. The monoisotopic (exact) mass is 202 g/mol. The molecule has 0 aromatic rings. The second-order valence-electron chi connectivity index (χ2n) is 1.59. The summed E-state index contributed by atoms with van der Waals surface area (Å²) < 4.78 is 10.2. The highest BCUT2D eigenvalue weighted by atomic mass is 79.9. The Morgan fingerprint density at radius 3 is 2.12 bits per heavy atom. The number of halogens is 1. The molecular weight excluding hydrogens is 195 g/mol. The van der Waals surface area contributed by atoms with Crippen LogP contribution >= 0.6 is 23.5 Å². The van der Waals surface area contributed by atoms with E-state index in [1.165, 1.54) is 6.92 Å². The third kappa shape index (κ3) is 2.82. The summed E-state index contributed by atoms with van der Waals surface area (Å²) in [4.78, 5) is 16.7. The van der Waals surface area contributed by atoms with E-state index in [-0.39, 0.29) is 0 Å². The van der Waals surface area contributed by atoms with Gasteiger partial charge in [-0.25, -0.2) is 0 Å². The van der Waals surface area contributed by atoms with Crippen molar-refractivity contribution in [2.24, 2.45) is 0 Å². The van der Waals surface area contributed by atoms with Gasteiger partial charge in [0.1, 0.15) is 0 Å². The Morgan fingerprint density at radius 1 is 1.75 bits per heavy atom. The molecule has 0 radical (unpaired) electrons. The lowest BCUT2D eigenvalue weighted by atomic mass is 10.6. The Kier molecular flexibility index (Phi) is 3.20. The van der Waals surface area contributed by atoms with E-state index in [0.29, 0.717) is 5.33 Å². The molecule has 0 amide bonds. The van der Waals surface area contributed by atoms with Gasteiger partial charge in [0.05, 0.1) is 5.66 Å². The SMILES string of the molecule is CC(CBr)P(=O)(O)O. The molecule has 0 heterocycles. The van der Waals surface area contributed by atoms with Crippen LogP contribution in [0.1, 0.15) is 6.92 Å². The summed E-state index contributed by atoms with van der Waals surface area (Å²) >= 11 is 2.96. The van der Waals surface area contributed by atoms with Gasteiger partial charge in [-0.3, -0.25) is 4.57 Å². The van der Waals surface area contributed by atoms with Crippen LogP contribution in [0.5, 0.6) is 0 Å². The second-order valence-corrected chi connectivity index (χ2v) is 4.30. The Balaban J connectivity index is 3.82.